The standard InChI is InChI=1S/C39H44N4O9S.CH4/c1-5-24-19-39(24,37(47)42-53(48,49)26-14-15-26)20-29(44)28-18-25(51-35-27-11-7-6-10-23(27)16-17-40-35)21-43(28)36(46)33(38(2,3)4)41-34(45)32-22-50-30-12-8-9-13-31(30)52-32;/h5-13,16-17,24-26,28,32-33H,1,14-15,18-22H2,2-4H3,(H,41,45)(H,42,47);1H4/t24-,25-,28+,32+,33-,39-;/m1./s1. The van der Waals surface area contributed by atoms with Crippen LogP contribution in [0.2, 0.25) is 0 Å². The number of carbonyl (C=O) groups is 4. The molecule has 1 aromatic heterocycles. The van der Waals surface area contributed by atoms with Crippen molar-refractivity contribution in [3.8, 4) is 17.4 Å². The number of sulfonamides is 1. The first-order valence-electron chi connectivity index (χ1n) is 17.9. The number of ether oxygens (including phenoxy) is 3. The largest absolute Gasteiger partial charge is 0.485 e. The first-order valence-corrected chi connectivity index (χ1v) is 19.5. The van der Waals surface area contributed by atoms with E-state index in [9.17, 15) is 27.6 Å². The highest BCUT2D eigenvalue weighted by molar-refractivity contribution is 7.90. The Labute approximate surface area is 315 Å². The molecule has 2 aromatic carbocycles. The molecule has 2 saturated carbocycles. The fourth-order valence-corrected chi connectivity index (χ4v) is 8.67. The van der Waals surface area contributed by atoms with E-state index >= 15 is 0 Å². The van der Waals surface area contributed by atoms with Gasteiger partial charge in [0, 0.05) is 24.4 Å². The van der Waals surface area contributed by atoms with E-state index in [-0.39, 0.29) is 39.8 Å². The Morgan fingerprint density at radius 1 is 1.07 bits per heavy atom. The smallest absolute Gasteiger partial charge is 0.265 e. The maximum absolute atomic E-state index is 14.7. The lowest BCUT2D eigenvalue weighted by atomic mass is 9.85. The Balaban J connectivity index is 0.00000497. The molecule has 2 aliphatic carbocycles. The number of para-hydroxylation sites is 2. The third-order valence-electron chi connectivity index (χ3n) is 10.6. The van der Waals surface area contributed by atoms with Crippen molar-refractivity contribution in [2.24, 2.45) is 16.7 Å². The van der Waals surface area contributed by atoms with E-state index in [1.807, 2.05) is 51.1 Å². The van der Waals surface area contributed by atoms with Crippen LogP contribution in [0.1, 0.15) is 60.3 Å². The summed E-state index contributed by atoms with van der Waals surface area (Å²) in [4.78, 5) is 62.2. The van der Waals surface area contributed by atoms with Gasteiger partial charge in [-0.15, -0.1) is 6.58 Å². The number of ketones is 1. The molecule has 14 heteroatoms. The summed E-state index contributed by atoms with van der Waals surface area (Å²) in [6.07, 6.45) is 2.49. The topological polar surface area (TPSA) is 170 Å². The van der Waals surface area contributed by atoms with Crippen LogP contribution in [0.4, 0.5) is 0 Å². The number of hydrogen-bond acceptors (Lipinski definition) is 10. The summed E-state index contributed by atoms with van der Waals surface area (Å²) < 4.78 is 45.7. The van der Waals surface area contributed by atoms with Crippen molar-refractivity contribution in [3.63, 3.8) is 0 Å². The number of nitrogens with zero attached hydrogens (tertiary/aromatic N) is 2. The number of rotatable bonds is 12. The molecule has 0 radical (unpaired) electrons. The van der Waals surface area contributed by atoms with Crippen molar-refractivity contribution in [3.05, 3.63) is 73.4 Å². The van der Waals surface area contributed by atoms with E-state index < -0.39 is 79.8 Å². The minimum Gasteiger partial charge on any atom is -0.485 e. The van der Waals surface area contributed by atoms with E-state index in [0.29, 0.717) is 30.2 Å². The summed E-state index contributed by atoms with van der Waals surface area (Å²) in [5.74, 6) is -1.37. The number of amides is 3. The lowest BCUT2D eigenvalue weighted by molar-refractivity contribution is -0.145. The van der Waals surface area contributed by atoms with E-state index in [0.717, 1.165) is 10.8 Å². The van der Waals surface area contributed by atoms with Crippen LogP contribution in [0.3, 0.4) is 0 Å². The lowest BCUT2D eigenvalue weighted by Gasteiger charge is -2.36. The van der Waals surface area contributed by atoms with Crippen molar-refractivity contribution >= 4 is 44.3 Å². The summed E-state index contributed by atoms with van der Waals surface area (Å²) in [7, 11) is -3.86. The second-order valence-corrected chi connectivity index (χ2v) is 17.5. The quantitative estimate of drug-likeness (QED) is 0.253. The minimum absolute atomic E-state index is 0. The van der Waals surface area contributed by atoms with Crippen molar-refractivity contribution in [2.75, 3.05) is 13.2 Å². The van der Waals surface area contributed by atoms with Crippen LogP contribution in [0.5, 0.6) is 17.4 Å². The molecule has 13 nitrogen and oxygen atoms in total. The van der Waals surface area contributed by atoms with Gasteiger partial charge in [0.15, 0.2) is 17.3 Å². The summed E-state index contributed by atoms with van der Waals surface area (Å²) >= 11 is 0. The molecule has 7 rings (SSSR count). The van der Waals surface area contributed by atoms with Crippen molar-refractivity contribution < 1.29 is 41.8 Å². The highest BCUT2D eigenvalue weighted by atomic mass is 32.2. The number of hydrogen-bond donors (Lipinski definition) is 2. The maximum atomic E-state index is 14.7. The van der Waals surface area contributed by atoms with Gasteiger partial charge in [0.1, 0.15) is 18.8 Å². The van der Waals surface area contributed by atoms with Crippen LogP contribution >= 0.6 is 0 Å². The van der Waals surface area contributed by atoms with Gasteiger partial charge in [0.2, 0.25) is 33.8 Å². The van der Waals surface area contributed by atoms with Crippen LogP contribution in [-0.2, 0) is 29.2 Å². The molecular weight excluding hydrogens is 713 g/mol. The Hall–Kier alpha value is -4.98. The number of Topliss-reactive ketones (excluding diaryl/α,β-unsaturated/α-hetero) is 1. The van der Waals surface area contributed by atoms with Gasteiger partial charge in [-0.25, -0.2) is 13.4 Å². The highest BCUT2D eigenvalue weighted by Crippen LogP contribution is 2.57. The molecule has 0 unspecified atom stereocenters. The fourth-order valence-electron chi connectivity index (χ4n) is 7.28. The SMILES string of the molecule is C.C=C[C@@H]1C[C@]1(CC(=O)[C@@H]1C[C@@H](Oc2nccc3ccccc23)CN1C(=O)[C@@H](NC(=O)[C@@H]1COc2ccccc2O1)C(C)(C)C)C(=O)NS(=O)(=O)C1CC1. The minimum atomic E-state index is -3.86. The average Bonchev–Trinajstić information content (AvgIpc) is 4.06. The monoisotopic (exact) mass is 760 g/mol. The number of pyridine rings is 1. The Morgan fingerprint density at radius 2 is 1.78 bits per heavy atom. The average molecular weight is 761 g/mol. The number of benzene rings is 2. The van der Waals surface area contributed by atoms with E-state index in [1.54, 1.807) is 36.5 Å². The van der Waals surface area contributed by atoms with Crippen molar-refractivity contribution in [1.82, 2.24) is 19.9 Å². The van der Waals surface area contributed by atoms with Crippen LogP contribution in [0.25, 0.3) is 10.8 Å². The van der Waals surface area contributed by atoms with Crippen LogP contribution in [0.15, 0.2) is 73.4 Å². The summed E-state index contributed by atoms with van der Waals surface area (Å²) in [6.45, 7) is 9.18. The maximum Gasteiger partial charge on any atom is 0.265 e. The molecule has 2 N–H and O–H groups in total. The van der Waals surface area contributed by atoms with Gasteiger partial charge >= 0.3 is 0 Å². The Bertz CT molecular complexity index is 2070. The molecule has 2 aliphatic heterocycles. The fraction of sp³-hybridized carbons (Fsp3) is 0.475. The van der Waals surface area contributed by atoms with Gasteiger partial charge in [0.05, 0.1) is 23.3 Å². The zero-order chi connectivity index (χ0) is 37.7. The molecular formula is C40H48N4O9S. The van der Waals surface area contributed by atoms with E-state index in [4.69, 9.17) is 14.2 Å². The zero-order valence-electron chi connectivity index (χ0n) is 29.9. The molecule has 3 fully saturated rings. The van der Waals surface area contributed by atoms with Crippen molar-refractivity contribution in [1.29, 1.82) is 0 Å². The molecule has 288 valence electrons. The number of fused-ring (bicyclic) bond motifs is 2. The Morgan fingerprint density at radius 3 is 2.46 bits per heavy atom. The van der Waals surface area contributed by atoms with Crippen LogP contribution in [-0.4, -0.2) is 84.5 Å². The number of aromatic nitrogens is 1. The molecule has 54 heavy (non-hydrogen) atoms. The van der Waals surface area contributed by atoms with Crippen LogP contribution < -0.4 is 24.2 Å². The molecule has 1 saturated heterocycles. The van der Waals surface area contributed by atoms with E-state index in [2.05, 4.69) is 21.6 Å². The third kappa shape index (κ3) is 7.66. The first-order chi connectivity index (χ1) is 25.2. The molecule has 6 atom stereocenters. The molecule has 0 spiro atoms. The van der Waals surface area contributed by atoms with Gasteiger partial charge in [-0.1, -0.05) is 64.6 Å². The zero-order valence-corrected chi connectivity index (χ0v) is 30.8. The molecule has 0 bridgehead atoms. The van der Waals surface area contributed by atoms with E-state index in [1.165, 1.54) is 4.90 Å². The highest BCUT2D eigenvalue weighted by Gasteiger charge is 2.61. The summed E-state index contributed by atoms with van der Waals surface area (Å²) in [6, 6.07) is 14.3. The predicted octanol–water partition coefficient (Wildman–Crippen LogP) is 4.35. The van der Waals surface area contributed by atoms with Gasteiger partial charge in [-0.05, 0) is 60.2 Å². The number of likely N-dealkylation sites (tertiary alicyclic amines) is 1. The number of nitrogens with one attached hydrogen (secondary N) is 2. The number of carbonyl (C=O) groups excluding carboxylic acids is 4. The summed E-state index contributed by atoms with van der Waals surface area (Å²) in [5, 5.41) is 3.92. The van der Waals surface area contributed by atoms with Crippen molar-refractivity contribution in [2.45, 2.75) is 89.8 Å². The van der Waals surface area contributed by atoms with Gasteiger partial charge in [-0.3, -0.25) is 23.9 Å². The van der Waals surface area contributed by atoms with Crippen LogP contribution in [0, 0.1) is 16.7 Å². The van der Waals surface area contributed by atoms with Gasteiger partial charge in [0.25, 0.3) is 5.91 Å². The Kier molecular flexibility index (Phi) is 10.5. The second-order valence-electron chi connectivity index (χ2n) is 15.5. The van der Waals surface area contributed by atoms with Gasteiger partial charge in [-0.2, -0.15) is 0 Å². The molecule has 3 amide bonds. The molecule has 3 aromatic rings. The lowest BCUT2D eigenvalue weighted by Crippen LogP contribution is -2.59. The van der Waals surface area contributed by atoms with Gasteiger partial charge < -0.3 is 24.4 Å². The third-order valence-corrected chi connectivity index (χ3v) is 12.4. The first kappa shape index (κ1) is 38.7. The number of allylic oxidation sites excluding steroid dienone is 1. The normalized spacial score (nSPS) is 25.1. The second kappa shape index (κ2) is 14.7. The molecule has 4 aliphatic rings. The molecule has 3 heterocycles. The summed E-state index contributed by atoms with van der Waals surface area (Å²) in [5.41, 5.74) is -2.12. The predicted molar refractivity (Wildman–Crippen MR) is 201 cm³/mol.